The van der Waals surface area contributed by atoms with Crippen LogP contribution in [0, 0.1) is 5.82 Å². The van der Waals surface area contributed by atoms with Gasteiger partial charge in [0.05, 0.1) is 21.7 Å². The zero-order valence-electron chi connectivity index (χ0n) is 16.9. The first kappa shape index (κ1) is 22.7. The van der Waals surface area contributed by atoms with E-state index in [9.17, 15) is 17.6 Å². The van der Waals surface area contributed by atoms with Gasteiger partial charge < -0.3 is 0 Å². The average molecular weight is 491 g/mol. The molecule has 32 heavy (non-hydrogen) atoms. The molecule has 0 aliphatic heterocycles. The molecular weight excluding hydrogens is 471 g/mol. The quantitative estimate of drug-likeness (QED) is 0.360. The molecule has 0 saturated carbocycles. The van der Waals surface area contributed by atoms with E-state index >= 15 is 0 Å². The number of aromatic nitrogens is 1. The molecular formula is C23H20ClFN2O3S2. The number of fused-ring (bicyclic) bond motifs is 1. The van der Waals surface area contributed by atoms with Gasteiger partial charge in [0.2, 0.25) is 10.0 Å². The van der Waals surface area contributed by atoms with Crippen molar-refractivity contribution >= 4 is 43.2 Å². The van der Waals surface area contributed by atoms with Crippen LogP contribution in [0.5, 0.6) is 0 Å². The summed E-state index contributed by atoms with van der Waals surface area (Å²) in [6, 6.07) is 18.1. The Hall–Kier alpha value is -2.52. The van der Waals surface area contributed by atoms with Crippen LogP contribution in [0.4, 0.5) is 4.39 Å². The molecule has 0 amide bonds. The van der Waals surface area contributed by atoms with Crippen LogP contribution in [-0.2, 0) is 23.0 Å². The molecule has 1 heterocycles. The first-order valence-electron chi connectivity index (χ1n) is 9.94. The highest BCUT2D eigenvalue weighted by Gasteiger charge is 2.16. The van der Waals surface area contributed by atoms with Crippen molar-refractivity contribution in [2.24, 2.45) is 0 Å². The van der Waals surface area contributed by atoms with E-state index in [0.717, 1.165) is 22.5 Å². The molecule has 1 N–H and O–H groups in total. The molecule has 0 bridgehead atoms. The van der Waals surface area contributed by atoms with Gasteiger partial charge in [-0.05, 0) is 66.4 Å². The molecule has 0 spiro atoms. The smallest absolute Gasteiger partial charge is 0.294 e. The predicted octanol–water partition coefficient (Wildman–Crippen LogP) is 4.81. The van der Waals surface area contributed by atoms with Crippen molar-refractivity contribution < 1.29 is 12.8 Å². The molecule has 9 heteroatoms. The third-order valence-electron chi connectivity index (χ3n) is 5.05. The molecule has 0 radical (unpaired) electrons. The van der Waals surface area contributed by atoms with E-state index in [4.69, 9.17) is 11.6 Å². The van der Waals surface area contributed by atoms with Gasteiger partial charge in [-0.2, -0.15) is 0 Å². The largest absolute Gasteiger partial charge is 0.308 e. The summed E-state index contributed by atoms with van der Waals surface area (Å²) >= 11 is 6.94. The monoisotopic (exact) mass is 490 g/mol. The molecule has 0 saturated heterocycles. The van der Waals surface area contributed by atoms with Crippen molar-refractivity contribution in [3.63, 3.8) is 0 Å². The Balaban J connectivity index is 1.46. The number of thiazole rings is 1. The number of nitrogens with zero attached hydrogens (tertiary/aromatic N) is 1. The number of nitrogens with one attached hydrogen (secondary N) is 1. The maximum Gasteiger partial charge on any atom is 0.308 e. The molecule has 166 valence electrons. The molecule has 0 atom stereocenters. The van der Waals surface area contributed by atoms with Crippen LogP contribution >= 0.6 is 22.9 Å². The second-order valence-corrected chi connectivity index (χ2v) is 10.5. The van der Waals surface area contributed by atoms with Gasteiger partial charge in [0, 0.05) is 11.6 Å². The minimum atomic E-state index is -3.71. The number of hydrogen-bond acceptors (Lipinski definition) is 4. The van der Waals surface area contributed by atoms with Crippen molar-refractivity contribution in [3.05, 3.63) is 98.4 Å². The van der Waals surface area contributed by atoms with Crippen LogP contribution in [0.1, 0.15) is 17.5 Å². The van der Waals surface area contributed by atoms with Crippen LogP contribution in [-0.4, -0.2) is 19.5 Å². The van der Waals surface area contributed by atoms with E-state index in [0.29, 0.717) is 34.6 Å². The van der Waals surface area contributed by atoms with Crippen molar-refractivity contribution in [2.75, 3.05) is 6.54 Å². The molecule has 0 unspecified atom stereocenters. The summed E-state index contributed by atoms with van der Waals surface area (Å²) in [6.45, 7) is 0.634. The summed E-state index contributed by atoms with van der Waals surface area (Å²) in [5.74, 6) is -0.297. The van der Waals surface area contributed by atoms with Gasteiger partial charge in [0.25, 0.3) is 0 Å². The van der Waals surface area contributed by atoms with Gasteiger partial charge in [-0.15, -0.1) is 0 Å². The number of benzene rings is 3. The summed E-state index contributed by atoms with van der Waals surface area (Å²) < 4.78 is 43.2. The highest BCUT2D eigenvalue weighted by Crippen LogP contribution is 2.23. The van der Waals surface area contributed by atoms with Crippen LogP contribution < -0.4 is 9.60 Å². The lowest BCUT2D eigenvalue weighted by Gasteiger charge is -2.08. The standard InChI is InChI=1S/C23H20ClFN2O3S2/c24-18-7-3-17(4-8-18)15-27-21-12-11-20(14-22(21)31-23(27)28)32(29,30)26-13-1-2-16-5-9-19(25)10-6-16/h3-12,14,26H,1-2,13,15H2. The summed E-state index contributed by atoms with van der Waals surface area (Å²) in [6.07, 6.45) is 1.22. The third kappa shape index (κ3) is 5.27. The van der Waals surface area contributed by atoms with Gasteiger partial charge >= 0.3 is 4.87 Å². The molecule has 4 rings (SSSR count). The topological polar surface area (TPSA) is 68.2 Å². The first-order valence-corrected chi connectivity index (χ1v) is 12.6. The highest BCUT2D eigenvalue weighted by molar-refractivity contribution is 7.89. The molecule has 0 fully saturated rings. The van der Waals surface area contributed by atoms with Gasteiger partial charge in [0.1, 0.15) is 5.82 Å². The van der Waals surface area contributed by atoms with Crippen LogP contribution in [0.2, 0.25) is 5.02 Å². The van der Waals surface area contributed by atoms with Crippen molar-refractivity contribution in [1.29, 1.82) is 0 Å². The lowest BCUT2D eigenvalue weighted by Crippen LogP contribution is -2.25. The Morgan fingerprint density at radius 1 is 0.969 bits per heavy atom. The maximum absolute atomic E-state index is 13.0. The molecule has 5 nitrogen and oxygen atoms in total. The molecule has 1 aromatic heterocycles. The minimum Gasteiger partial charge on any atom is -0.294 e. The van der Waals surface area contributed by atoms with Crippen LogP contribution in [0.3, 0.4) is 0 Å². The first-order chi connectivity index (χ1) is 15.3. The fourth-order valence-corrected chi connectivity index (χ4v) is 5.60. The fraction of sp³-hybridized carbons (Fsp3) is 0.174. The van der Waals surface area contributed by atoms with E-state index in [1.54, 1.807) is 34.9 Å². The molecule has 4 aromatic rings. The Kier molecular flexibility index (Phi) is 6.76. The number of hydrogen-bond donors (Lipinski definition) is 1. The van der Waals surface area contributed by atoms with E-state index in [1.807, 2.05) is 12.1 Å². The normalized spacial score (nSPS) is 11.8. The maximum atomic E-state index is 13.0. The number of aryl methyl sites for hydroxylation is 1. The Labute approximate surface area is 194 Å². The number of rotatable bonds is 8. The van der Waals surface area contributed by atoms with Gasteiger partial charge in [-0.3, -0.25) is 9.36 Å². The van der Waals surface area contributed by atoms with Crippen LogP contribution in [0.15, 0.2) is 76.4 Å². The van der Waals surface area contributed by atoms with Crippen LogP contribution in [0.25, 0.3) is 10.2 Å². The second-order valence-electron chi connectivity index (χ2n) is 7.34. The minimum absolute atomic E-state index is 0.117. The Morgan fingerprint density at radius 2 is 1.66 bits per heavy atom. The van der Waals surface area contributed by atoms with Gasteiger partial charge in [-0.25, -0.2) is 17.5 Å². The molecule has 3 aromatic carbocycles. The van der Waals surface area contributed by atoms with Gasteiger partial charge in [-0.1, -0.05) is 47.2 Å². The lowest BCUT2D eigenvalue weighted by molar-refractivity contribution is 0.579. The number of sulfonamides is 1. The highest BCUT2D eigenvalue weighted by atomic mass is 35.5. The summed E-state index contributed by atoms with van der Waals surface area (Å²) in [4.78, 5) is 12.5. The summed E-state index contributed by atoms with van der Waals surface area (Å²) in [7, 11) is -3.71. The average Bonchev–Trinajstić information content (AvgIpc) is 3.08. The number of halogens is 2. The molecule has 0 aliphatic carbocycles. The van der Waals surface area contributed by atoms with Crippen molar-refractivity contribution in [2.45, 2.75) is 24.3 Å². The van der Waals surface area contributed by atoms with E-state index in [1.165, 1.54) is 24.3 Å². The zero-order chi connectivity index (χ0) is 22.7. The SMILES string of the molecule is O=c1sc2cc(S(=O)(=O)NCCCc3ccc(F)cc3)ccc2n1Cc1ccc(Cl)cc1. The Bertz CT molecular complexity index is 1400. The predicted molar refractivity (Wildman–Crippen MR) is 127 cm³/mol. The Morgan fingerprint density at radius 3 is 2.38 bits per heavy atom. The summed E-state index contributed by atoms with van der Waals surface area (Å²) in [5, 5.41) is 0.622. The second kappa shape index (κ2) is 9.54. The van der Waals surface area contributed by atoms with E-state index in [2.05, 4.69) is 4.72 Å². The van der Waals surface area contributed by atoms with E-state index in [-0.39, 0.29) is 22.1 Å². The van der Waals surface area contributed by atoms with Crippen molar-refractivity contribution in [1.82, 2.24) is 9.29 Å². The third-order valence-corrected chi connectivity index (χ3v) is 7.70. The van der Waals surface area contributed by atoms with E-state index < -0.39 is 10.0 Å². The molecule has 0 aliphatic rings. The fourth-order valence-electron chi connectivity index (χ4n) is 3.37. The lowest BCUT2D eigenvalue weighted by atomic mass is 10.1. The summed E-state index contributed by atoms with van der Waals surface area (Å²) in [5.41, 5.74) is 2.56. The zero-order valence-corrected chi connectivity index (χ0v) is 19.3. The van der Waals surface area contributed by atoms with Crippen molar-refractivity contribution in [3.8, 4) is 0 Å². The van der Waals surface area contributed by atoms with Gasteiger partial charge in [0.15, 0.2) is 0 Å².